The van der Waals surface area contributed by atoms with Crippen LogP contribution >= 0.6 is 0 Å². The smallest absolute Gasteiger partial charge is 0.216 e. The fourth-order valence-corrected chi connectivity index (χ4v) is 2.51. The minimum Gasteiger partial charge on any atom is -0.457 e. The average molecular weight is 331 g/mol. The maximum absolute atomic E-state index is 5.80. The van der Waals surface area contributed by atoms with Gasteiger partial charge in [0.15, 0.2) is 0 Å². The van der Waals surface area contributed by atoms with E-state index in [4.69, 9.17) is 14.3 Å². The number of hydrogen-bond acceptors (Lipinski definition) is 4. The fraction of sp³-hybridized carbons (Fsp3) is 0.0476. The van der Waals surface area contributed by atoms with Crippen molar-refractivity contribution in [2.75, 3.05) is 0 Å². The van der Waals surface area contributed by atoms with Crippen LogP contribution in [0, 0.1) is 0 Å². The van der Waals surface area contributed by atoms with Crippen molar-refractivity contribution in [3.8, 4) is 17.2 Å². The van der Waals surface area contributed by atoms with Crippen LogP contribution in [0.4, 0.5) is 0 Å². The molecule has 1 atom stereocenters. The molecule has 0 saturated carbocycles. The molecule has 0 saturated heterocycles. The Kier molecular flexibility index (Phi) is 4.35. The van der Waals surface area contributed by atoms with Gasteiger partial charge in [0.05, 0.1) is 0 Å². The third kappa shape index (κ3) is 3.82. The number of benzene rings is 3. The van der Waals surface area contributed by atoms with Crippen molar-refractivity contribution in [1.82, 2.24) is 5.48 Å². The van der Waals surface area contributed by atoms with Crippen LogP contribution in [-0.4, -0.2) is 0 Å². The molecule has 3 aromatic carbocycles. The van der Waals surface area contributed by atoms with Gasteiger partial charge in [-0.25, -0.2) is 5.48 Å². The number of hydrogen-bond donors (Lipinski definition) is 1. The molecule has 0 aliphatic carbocycles. The van der Waals surface area contributed by atoms with E-state index in [1.807, 2.05) is 91.0 Å². The van der Waals surface area contributed by atoms with Crippen molar-refractivity contribution >= 4 is 0 Å². The van der Waals surface area contributed by atoms with E-state index in [0.29, 0.717) is 5.88 Å². The van der Waals surface area contributed by atoms with Gasteiger partial charge >= 0.3 is 0 Å². The fourth-order valence-electron chi connectivity index (χ4n) is 2.51. The number of ether oxygens (including phenoxy) is 2. The summed E-state index contributed by atoms with van der Waals surface area (Å²) in [6.07, 6.45) is 1.70. The van der Waals surface area contributed by atoms with Crippen LogP contribution in [0.5, 0.6) is 17.2 Å². The highest BCUT2D eigenvalue weighted by molar-refractivity contribution is 5.35. The summed E-state index contributed by atoms with van der Waals surface area (Å²) in [4.78, 5) is 5.57. The molecule has 4 rings (SSSR count). The summed E-state index contributed by atoms with van der Waals surface area (Å²) in [7, 11) is 0. The quantitative estimate of drug-likeness (QED) is 0.716. The third-order valence-corrected chi connectivity index (χ3v) is 3.75. The molecule has 1 unspecified atom stereocenters. The lowest BCUT2D eigenvalue weighted by Gasteiger charge is -2.09. The highest BCUT2D eigenvalue weighted by atomic mass is 16.7. The van der Waals surface area contributed by atoms with Gasteiger partial charge in [-0.15, -0.1) is 0 Å². The number of para-hydroxylation sites is 2. The standard InChI is InChI=1S/C21H17NO3/c1-3-7-17(8-4-1)23-19-13-11-16(12-14-19)20-15-21(22-25-20)24-18-9-5-2-6-10-18/h1-15,20,22H. The number of nitrogens with one attached hydrogen (secondary N) is 1. The summed E-state index contributed by atoms with van der Waals surface area (Å²) in [6, 6.07) is 27.1. The van der Waals surface area contributed by atoms with Crippen LogP contribution in [-0.2, 0) is 4.84 Å². The van der Waals surface area contributed by atoms with Crippen molar-refractivity contribution in [2.45, 2.75) is 6.10 Å². The van der Waals surface area contributed by atoms with Crippen molar-refractivity contribution in [3.05, 3.63) is 102 Å². The molecule has 1 heterocycles. The zero-order valence-corrected chi connectivity index (χ0v) is 13.5. The first-order valence-electron chi connectivity index (χ1n) is 8.06. The van der Waals surface area contributed by atoms with E-state index in [1.165, 1.54) is 0 Å². The highest BCUT2D eigenvalue weighted by Gasteiger charge is 2.19. The molecule has 0 amide bonds. The largest absolute Gasteiger partial charge is 0.457 e. The van der Waals surface area contributed by atoms with E-state index < -0.39 is 0 Å². The third-order valence-electron chi connectivity index (χ3n) is 3.75. The Balaban J connectivity index is 1.42. The zero-order valence-electron chi connectivity index (χ0n) is 13.5. The lowest BCUT2D eigenvalue weighted by molar-refractivity contribution is 0.0273. The molecule has 0 radical (unpaired) electrons. The molecule has 4 nitrogen and oxygen atoms in total. The summed E-state index contributed by atoms with van der Waals surface area (Å²) >= 11 is 0. The van der Waals surface area contributed by atoms with Gasteiger partial charge in [0, 0.05) is 6.08 Å². The van der Waals surface area contributed by atoms with Crippen molar-refractivity contribution in [3.63, 3.8) is 0 Å². The number of hydroxylamine groups is 1. The zero-order chi connectivity index (χ0) is 16.9. The second-order valence-electron chi connectivity index (χ2n) is 5.57. The van der Waals surface area contributed by atoms with E-state index in [1.54, 1.807) is 0 Å². The summed E-state index contributed by atoms with van der Waals surface area (Å²) in [5.74, 6) is 2.94. The average Bonchev–Trinajstić information content (AvgIpc) is 3.12. The van der Waals surface area contributed by atoms with Gasteiger partial charge < -0.3 is 9.47 Å². The molecular weight excluding hydrogens is 314 g/mol. The second kappa shape index (κ2) is 7.11. The van der Waals surface area contributed by atoms with E-state index >= 15 is 0 Å². The van der Waals surface area contributed by atoms with Crippen LogP contribution < -0.4 is 15.0 Å². The molecule has 0 fully saturated rings. The minimum absolute atomic E-state index is 0.204. The van der Waals surface area contributed by atoms with Gasteiger partial charge in [0.2, 0.25) is 5.88 Å². The van der Waals surface area contributed by atoms with Crippen LogP contribution in [0.2, 0.25) is 0 Å². The summed E-state index contributed by atoms with van der Waals surface area (Å²) < 4.78 is 11.5. The van der Waals surface area contributed by atoms with E-state index in [0.717, 1.165) is 22.8 Å². The lowest BCUT2D eigenvalue weighted by atomic mass is 10.1. The summed E-state index contributed by atoms with van der Waals surface area (Å²) in [5.41, 5.74) is 3.83. The van der Waals surface area contributed by atoms with Crippen molar-refractivity contribution in [1.29, 1.82) is 0 Å². The Morgan fingerprint density at radius 1 is 0.640 bits per heavy atom. The van der Waals surface area contributed by atoms with Crippen LogP contribution in [0.15, 0.2) is 96.9 Å². The van der Waals surface area contributed by atoms with Gasteiger partial charge in [-0.05, 0) is 42.0 Å². The Labute approximate surface area is 146 Å². The van der Waals surface area contributed by atoms with E-state index in [9.17, 15) is 0 Å². The Hall–Kier alpha value is -3.24. The maximum Gasteiger partial charge on any atom is 0.216 e. The highest BCUT2D eigenvalue weighted by Crippen LogP contribution is 2.28. The van der Waals surface area contributed by atoms with Crippen LogP contribution in [0.1, 0.15) is 11.7 Å². The molecule has 124 valence electrons. The Morgan fingerprint density at radius 2 is 1.20 bits per heavy atom. The molecule has 0 spiro atoms. The van der Waals surface area contributed by atoms with Gasteiger partial charge in [0.1, 0.15) is 23.4 Å². The molecule has 1 aliphatic rings. The molecule has 1 N–H and O–H groups in total. The van der Waals surface area contributed by atoms with Crippen molar-refractivity contribution in [2.24, 2.45) is 0 Å². The predicted octanol–water partition coefficient (Wildman–Crippen LogP) is 4.98. The first-order chi connectivity index (χ1) is 12.4. The topological polar surface area (TPSA) is 39.7 Å². The Morgan fingerprint density at radius 3 is 1.84 bits per heavy atom. The van der Waals surface area contributed by atoms with Gasteiger partial charge in [-0.3, -0.25) is 4.84 Å². The first kappa shape index (κ1) is 15.3. The predicted molar refractivity (Wildman–Crippen MR) is 95.1 cm³/mol. The van der Waals surface area contributed by atoms with Crippen LogP contribution in [0.3, 0.4) is 0 Å². The molecule has 0 aromatic heterocycles. The van der Waals surface area contributed by atoms with Gasteiger partial charge in [0.25, 0.3) is 0 Å². The first-order valence-corrected chi connectivity index (χ1v) is 8.06. The number of rotatable bonds is 5. The SMILES string of the molecule is C1=C(Oc2ccccc2)NOC1c1ccc(Oc2ccccc2)cc1. The normalized spacial score (nSPS) is 16.0. The van der Waals surface area contributed by atoms with Gasteiger partial charge in [-0.1, -0.05) is 48.5 Å². The molecule has 25 heavy (non-hydrogen) atoms. The van der Waals surface area contributed by atoms with E-state index in [-0.39, 0.29) is 6.10 Å². The summed E-state index contributed by atoms with van der Waals surface area (Å²) in [5, 5.41) is 0. The van der Waals surface area contributed by atoms with Crippen molar-refractivity contribution < 1.29 is 14.3 Å². The second-order valence-corrected chi connectivity index (χ2v) is 5.57. The lowest BCUT2D eigenvalue weighted by Crippen LogP contribution is -2.12. The maximum atomic E-state index is 5.80. The van der Waals surface area contributed by atoms with E-state index in [2.05, 4.69) is 5.48 Å². The minimum atomic E-state index is -0.204. The molecule has 1 aliphatic heterocycles. The Bertz CT molecular complexity index is 845. The monoisotopic (exact) mass is 331 g/mol. The molecule has 3 aromatic rings. The molecule has 4 heteroatoms. The summed E-state index contributed by atoms with van der Waals surface area (Å²) in [6.45, 7) is 0. The van der Waals surface area contributed by atoms with Crippen LogP contribution in [0.25, 0.3) is 0 Å². The van der Waals surface area contributed by atoms with Gasteiger partial charge in [-0.2, -0.15) is 0 Å². The molecule has 0 bridgehead atoms. The molecular formula is C21H17NO3.